The van der Waals surface area contributed by atoms with Crippen molar-refractivity contribution < 1.29 is 42.5 Å². The van der Waals surface area contributed by atoms with E-state index >= 15 is 0 Å². The molecule has 0 saturated carbocycles. The molecule has 1 unspecified atom stereocenters. The minimum absolute atomic E-state index is 0. The Hall–Kier alpha value is -1.99. The molecule has 0 bridgehead atoms. The third kappa shape index (κ3) is 7.55. The van der Waals surface area contributed by atoms with Gasteiger partial charge in [0.25, 0.3) is 0 Å². The minimum atomic E-state index is -4.20. The van der Waals surface area contributed by atoms with Gasteiger partial charge in [-0.3, -0.25) is 0 Å². The number of hydrogen-bond acceptors (Lipinski definition) is 6. The summed E-state index contributed by atoms with van der Waals surface area (Å²) in [6.07, 6.45) is 2.06. The third-order valence-corrected chi connectivity index (χ3v) is 6.77. The molecule has 0 saturated heterocycles. The number of nitriles is 1. The Morgan fingerprint density at radius 1 is 1.16 bits per heavy atom. The van der Waals surface area contributed by atoms with E-state index in [0.29, 0.717) is 5.57 Å². The van der Waals surface area contributed by atoms with Gasteiger partial charge in [0.05, 0.1) is 33.0 Å². The molecule has 160 valence electrons. The fraction of sp³-hybridized carbons (Fsp3) is 0.174. The van der Waals surface area contributed by atoms with E-state index in [4.69, 9.17) is 0 Å². The molecule has 0 fully saturated rings. The first-order chi connectivity index (χ1) is 14.7. The molecule has 1 aliphatic rings. The van der Waals surface area contributed by atoms with Gasteiger partial charge in [0.15, 0.2) is 0 Å². The fourth-order valence-electron chi connectivity index (χ4n) is 2.91. The minimum Gasteiger partial charge on any atom is -0.748 e. The number of anilines is 1. The SMILES string of the molecule is CN(C)c1ccc(C=C(C#N)c2ccc(C3=C/S(=C/CCS(=O)(=O)[O-])C=N3)cc2)cc1.[Na+]. The summed E-state index contributed by atoms with van der Waals surface area (Å²) >= 11 is 0. The Bertz CT molecular complexity index is 1220. The molecule has 1 heterocycles. The first-order valence-electron chi connectivity index (χ1n) is 9.49. The van der Waals surface area contributed by atoms with Crippen LogP contribution in [0.25, 0.3) is 17.3 Å². The molecule has 9 heteroatoms. The maximum absolute atomic E-state index is 10.7. The number of benzene rings is 2. The van der Waals surface area contributed by atoms with Crippen LogP contribution in [0.5, 0.6) is 0 Å². The van der Waals surface area contributed by atoms with Crippen molar-refractivity contribution in [2.45, 2.75) is 6.42 Å². The zero-order chi connectivity index (χ0) is 22.4. The second-order valence-corrected chi connectivity index (χ2v) is 10.2. The van der Waals surface area contributed by atoms with Crippen molar-refractivity contribution in [3.63, 3.8) is 0 Å². The standard InChI is InChI=1S/C23H23N3O3S2.Na/c1-26(2)22-10-4-18(5-11-22)14-21(15-24)19-6-8-20(9-7-19)23-16-30(17-25-23)12-3-13-31(27,28)29;/h4-12,14,16-17H,3,13H2,1-2H3,(H,27,28,29);/q;+1/p-1. The molecule has 3 rings (SSSR count). The van der Waals surface area contributed by atoms with E-state index in [1.165, 1.54) is 0 Å². The molecule has 2 aromatic carbocycles. The molecule has 2 aromatic rings. The van der Waals surface area contributed by atoms with Crippen molar-refractivity contribution in [2.75, 3.05) is 24.7 Å². The number of aliphatic imine (C=N–C) groups is 1. The van der Waals surface area contributed by atoms with Crippen molar-refractivity contribution in [1.82, 2.24) is 0 Å². The molecule has 32 heavy (non-hydrogen) atoms. The van der Waals surface area contributed by atoms with Crippen LogP contribution in [0.2, 0.25) is 0 Å². The maximum atomic E-state index is 10.7. The molecule has 1 atom stereocenters. The normalized spacial score (nSPS) is 15.8. The largest absolute Gasteiger partial charge is 1.00 e. The van der Waals surface area contributed by atoms with Gasteiger partial charge in [-0.1, -0.05) is 41.8 Å². The van der Waals surface area contributed by atoms with E-state index in [9.17, 15) is 18.2 Å². The topological polar surface area (TPSA) is 96.6 Å². The van der Waals surface area contributed by atoms with Crippen LogP contribution in [0.1, 0.15) is 23.1 Å². The average Bonchev–Trinajstić information content (AvgIpc) is 3.20. The molecule has 0 amide bonds. The van der Waals surface area contributed by atoms with E-state index < -0.39 is 15.9 Å². The second kappa shape index (κ2) is 11.8. The van der Waals surface area contributed by atoms with Crippen molar-refractivity contribution in [3.05, 3.63) is 70.6 Å². The van der Waals surface area contributed by atoms with Crippen LogP contribution in [0.4, 0.5) is 5.69 Å². The maximum Gasteiger partial charge on any atom is 1.00 e. The number of hydrogen-bond donors (Lipinski definition) is 0. The van der Waals surface area contributed by atoms with Gasteiger partial charge < -0.3 is 9.45 Å². The fourth-order valence-corrected chi connectivity index (χ4v) is 4.78. The molecule has 6 nitrogen and oxygen atoms in total. The summed E-state index contributed by atoms with van der Waals surface area (Å²) in [6, 6.07) is 17.8. The van der Waals surface area contributed by atoms with Gasteiger partial charge in [-0.2, -0.15) is 5.26 Å². The smallest absolute Gasteiger partial charge is 0.748 e. The van der Waals surface area contributed by atoms with Crippen LogP contribution >= 0.6 is 10.5 Å². The summed E-state index contributed by atoms with van der Waals surface area (Å²) in [4.78, 5) is 6.41. The molecular formula is C23H22N3NaO3S2. The zero-order valence-corrected chi connectivity index (χ0v) is 21.9. The number of allylic oxidation sites excluding steroid dienone is 1. The van der Waals surface area contributed by atoms with Gasteiger partial charge >= 0.3 is 29.6 Å². The van der Waals surface area contributed by atoms with Crippen molar-refractivity contribution in [1.29, 1.82) is 5.26 Å². The Labute approximate surface area is 214 Å². The Kier molecular flexibility index (Phi) is 9.64. The summed E-state index contributed by atoms with van der Waals surface area (Å²) < 4.78 is 32.1. The quantitative estimate of drug-likeness (QED) is 0.197. The molecular weight excluding hydrogens is 453 g/mol. The number of rotatable bonds is 7. The Morgan fingerprint density at radius 2 is 1.81 bits per heavy atom. The summed E-state index contributed by atoms with van der Waals surface area (Å²) in [7, 11) is -0.629. The van der Waals surface area contributed by atoms with E-state index in [1.54, 1.807) is 10.9 Å². The van der Waals surface area contributed by atoms with Gasteiger partial charge in [-0.15, -0.1) is 10.5 Å². The summed E-state index contributed by atoms with van der Waals surface area (Å²) in [5.74, 6) is -0.399. The van der Waals surface area contributed by atoms with Crippen LogP contribution in [-0.4, -0.2) is 43.7 Å². The van der Waals surface area contributed by atoms with Crippen molar-refractivity contribution >= 4 is 54.5 Å². The molecule has 1 aliphatic heterocycles. The Balaban J connectivity index is 0.00000363. The number of nitrogens with zero attached hydrogens (tertiary/aromatic N) is 3. The molecule has 0 radical (unpaired) electrons. The first-order valence-corrected chi connectivity index (χ1v) is 12.5. The second-order valence-electron chi connectivity index (χ2n) is 7.10. The van der Waals surface area contributed by atoms with Gasteiger partial charge in [0, 0.05) is 31.1 Å². The Morgan fingerprint density at radius 3 is 2.38 bits per heavy atom. The summed E-state index contributed by atoms with van der Waals surface area (Å²) in [5.41, 5.74) is 6.88. The van der Waals surface area contributed by atoms with Crippen LogP contribution in [-0.2, 0) is 10.1 Å². The van der Waals surface area contributed by atoms with E-state index in [2.05, 4.69) is 11.1 Å². The molecule has 0 spiro atoms. The first kappa shape index (κ1) is 26.3. The van der Waals surface area contributed by atoms with Crippen molar-refractivity contribution in [2.24, 2.45) is 4.99 Å². The monoisotopic (exact) mass is 475 g/mol. The van der Waals surface area contributed by atoms with Gasteiger partial charge in [0.2, 0.25) is 0 Å². The van der Waals surface area contributed by atoms with Crippen LogP contribution in [0.15, 0.2) is 58.9 Å². The third-order valence-electron chi connectivity index (χ3n) is 4.57. The van der Waals surface area contributed by atoms with E-state index in [1.807, 2.05) is 79.0 Å². The molecule has 0 aromatic heterocycles. The van der Waals surface area contributed by atoms with Gasteiger partial charge in [-0.25, -0.2) is 13.4 Å². The zero-order valence-electron chi connectivity index (χ0n) is 18.2. The molecule has 0 aliphatic carbocycles. The van der Waals surface area contributed by atoms with Crippen LogP contribution < -0.4 is 34.5 Å². The van der Waals surface area contributed by atoms with Gasteiger partial charge in [-0.05, 0) is 41.2 Å². The predicted molar refractivity (Wildman–Crippen MR) is 130 cm³/mol. The predicted octanol–water partition coefficient (Wildman–Crippen LogP) is 1.17. The summed E-state index contributed by atoms with van der Waals surface area (Å²) in [6.45, 7) is 0. The average molecular weight is 476 g/mol. The van der Waals surface area contributed by atoms with E-state index in [-0.39, 0.29) is 46.5 Å². The summed E-state index contributed by atoms with van der Waals surface area (Å²) in [5, 5.41) is 13.3. The van der Waals surface area contributed by atoms with Gasteiger partial charge in [0.1, 0.15) is 0 Å². The van der Waals surface area contributed by atoms with E-state index in [0.717, 1.165) is 28.1 Å². The van der Waals surface area contributed by atoms with Crippen LogP contribution in [0, 0.1) is 11.3 Å². The van der Waals surface area contributed by atoms with Crippen LogP contribution in [0.3, 0.4) is 0 Å². The molecule has 0 N–H and O–H groups in total. The van der Waals surface area contributed by atoms with Crippen molar-refractivity contribution in [3.8, 4) is 6.07 Å².